The molecule has 0 aliphatic rings. The summed E-state index contributed by atoms with van der Waals surface area (Å²) in [7, 11) is 1.57. The van der Waals surface area contributed by atoms with Gasteiger partial charge >= 0.3 is 0 Å². The highest BCUT2D eigenvalue weighted by Crippen LogP contribution is 2.21. The van der Waals surface area contributed by atoms with Crippen LogP contribution in [0.25, 0.3) is 0 Å². The SMILES string of the molecule is CCCOCC(=O)NCc1ccc(OC)c(N)c1. The van der Waals surface area contributed by atoms with Gasteiger partial charge in [0.15, 0.2) is 0 Å². The summed E-state index contributed by atoms with van der Waals surface area (Å²) in [4.78, 5) is 11.4. The lowest BCUT2D eigenvalue weighted by Gasteiger charge is -2.08. The highest BCUT2D eigenvalue weighted by Gasteiger charge is 2.03. The van der Waals surface area contributed by atoms with Crippen molar-refractivity contribution >= 4 is 11.6 Å². The van der Waals surface area contributed by atoms with E-state index in [0.717, 1.165) is 12.0 Å². The van der Waals surface area contributed by atoms with E-state index < -0.39 is 0 Å². The van der Waals surface area contributed by atoms with Gasteiger partial charge in [-0.2, -0.15) is 0 Å². The molecule has 1 aromatic rings. The van der Waals surface area contributed by atoms with Gasteiger partial charge in [-0.3, -0.25) is 4.79 Å². The molecule has 0 saturated carbocycles. The van der Waals surface area contributed by atoms with Crippen LogP contribution >= 0.6 is 0 Å². The van der Waals surface area contributed by atoms with Crippen molar-refractivity contribution in [3.63, 3.8) is 0 Å². The van der Waals surface area contributed by atoms with Gasteiger partial charge in [-0.05, 0) is 24.1 Å². The third-order valence-corrected chi connectivity index (χ3v) is 2.37. The van der Waals surface area contributed by atoms with Crippen LogP contribution in [-0.2, 0) is 16.1 Å². The van der Waals surface area contributed by atoms with E-state index >= 15 is 0 Å². The molecule has 1 amide bonds. The Morgan fingerprint density at radius 3 is 2.83 bits per heavy atom. The second-order valence-corrected chi connectivity index (χ2v) is 3.91. The van der Waals surface area contributed by atoms with Gasteiger partial charge in [0.05, 0.1) is 12.8 Å². The molecule has 0 heterocycles. The van der Waals surface area contributed by atoms with Gasteiger partial charge in [0, 0.05) is 13.2 Å². The Balaban J connectivity index is 2.39. The maximum Gasteiger partial charge on any atom is 0.246 e. The zero-order chi connectivity index (χ0) is 13.4. The predicted octanol–water partition coefficient (Wildman–Crippen LogP) is 1.32. The van der Waals surface area contributed by atoms with Gasteiger partial charge in [-0.25, -0.2) is 0 Å². The second kappa shape index (κ2) is 7.55. The fraction of sp³-hybridized carbons (Fsp3) is 0.462. The van der Waals surface area contributed by atoms with Gasteiger partial charge in [-0.15, -0.1) is 0 Å². The number of nitrogen functional groups attached to an aromatic ring is 1. The Hall–Kier alpha value is -1.75. The minimum absolute atomic E-state index is 0.0967. The lowest BCUT2D eigenvalue weighted by molar-refractivity contribution is -0.125. The molecule has 0 radical (unpaired) electrons. The number of carbonyl (C=O) groups is 1. The van der Waals surface area contributed by atoms with E-state index in [1.165, 1.54) is 0 Å². The molecule has 0 aliphatic carbocycles. The first-order chi connectivity index (χ1) is 8.67. The molecule has 0 spiro atoms. The Bertz CT molecular complexity index is 394. The summed E-state index contributed by atoms with van der Waals surface area (Å²) in [6.45, 7) is 3.13. The number of nitrogens with two attached hydrogens (primary N) is 1. The van der Waals surface area contributed by atoms with E-state index in [9.17, 15) is 4.79 Å². The predicted molar refractivity (Wildman–Crippen MR) is 70.4 cm³/mol. The normalized spacial score (nSPS) is 10.1. The summed E-state index contributed by atoms with van der Waals surface area (Å²) >= 11 is 0. The third-order valence-electron chi connectivity index (χ3n) is 2.37. The van der Waals surface area contributed by atoms with Crippen LogP contribution < -0.4 is 15.8 Å². The molecular formula is C13H20N2O3. The maximum absolute atomic E-state index is 11.4. The van der Waals surface area contributed by atoms with Gasteiger partial charge < -0.3 is 20.5 Å². The lowest BCUT2D eigenvalue weighted by atomic mass is 10.2. The van der Waals surface area contributed by atoms with Crippen LogP contribution in [-0.4, -0.2) is 26.2 Å². The number of hydrogen-bond donors (Lipinski definition) is 2. The average Bonchev–Trinajstić information content (AvgIpc) is 2.37. The first kappa shape index (κ1) is 14.3. The minimum Gasteiger partial charge on any atom is -0.495 e. The van der Waals surface area contributed by atoms with Crippen LogP contribution in [0.2, 0.25) is 0 Å². The van der Waals surface area contributed by atoms with Crippen molar-refractivity contribution in [3.8, 4) is 5.75 Å². The first-order valence-electron chi connectivity index (χ1n) is 5.94. The Kier molecular flexibility index (Phi) is 6.00. The van der Waals surface area contributed by atoms with Crippen molar-refractivity contribution in [3.05, 3.63) is 23.8 Å². The van der Waals surface area contributed by atoms with E-state index in [-0.39, 0.29) is 12.5 Å². The number of anilines is 1. The zero-order valence-electron chi connectivity index (χ0n) is 10.9. The molecule has 0 bridgehead atoms. The number of nitrogens with one attached hydrogen (secondary N) is 1. The van der Waals surface area contributed by atoms with Gasteiger partial charge in [0.1, 0.15) is 12.4 Å². The van der Waals surface area contributed by atoms with Crippen LogP contribution in [0, 0.1) is 0 Å². The molecule has 5 heteroatoms. The van der Waals surface area contributed by atoms with Gasteiger partial charge in [-0.1, -0.05) is 13.0 Å². The highest BCUT2D eigenvalue weighted by molar-refractivity contribution is 5.77. The van der Waals surface area contributed by atoms with Crippen LogP contribution in [0.15, 0.2) is 18.2 Å². The molecule has 100 valence electrons. The summed E-state index contributed by atoms with van der Waals surface area (Å²) in [5, 5.41) is 2.76. The van der Waals surface area contributed by atoms with Crippen LogP contribution in [0.4, 0.5) is 5.69 Å². The largest absolute Gasteiger partial charge is 0.495 e. The second-order valence-electron chi connectivity index (χ2n) is 3.91. The van der Waals surface area contributed by atoms with E-state index in [4.69, 9.17) is 15.2 Å². The summed E-state index contributed by atoms with van der Waals surface area (Å²) in [6.07, 6.45) is 0.905. The van der Waals surface area contributed by atoms with Crippen LogP contribution in [0.5, 0.6) is 5.75 Å². The van der Waals surface area contributed by atoms with E-state index in [1.54, 1.807) is 19.2 Å². The first-order valence-corrected chi connectivity index (χ1v) is 5.94. The van der Waals surface area contributed by atoms with E-state index in [2.05, 4.69) is 5.32 Å². The smallest absolute Gasteiger partial charge is 0.246 e. The lowest BCUT2D eigenvalue weighted by Crippen LogP contribution is -2.27. The van der Waals surface area contributed by atoms with Crippen molar-refractivity contribution in [2.75, 3.05) is 26.1 Å². The van der Waals surface area contributed by atoms with Crippen molar-refractivity contribution in [2.45, 2.75) is 19.9 Å². The molecule has 1 rings (SSSR count). The minimum atomic E-state index is -0.127. The quantitative estimate of drug-likeness (QED) is 0.567. The summed E-state index contributed by atoms with van der Waals surface area (Å²) in [5.74, 6) is 0.509. The number of hydrogen-bond acceptors (Lipinski definition) is 4. The van der Waals surface area contributed by atoms with E-state index in [1.807, 2.05) is 13.0 Å². The standard InChI is InChI=1S/C13H20N2O3/c1-3-6-18-9-13(16)15-8-10-4-5-12(17-2)11(14)7-10/h4-5,7H,3,6,8-9,14H2,1-2H3,(H,15,16). The van der Waals surface area contributed by atoms with E-state index in [0.29, 0.717) is 24.6 Å². The summed E-state index contributed by atoms with van der Waals surface area (Å²) in [6, 6.07) is 5.43. The van der Waals surface area contributed by atoms with Crippen molar-refractivity contribution in [1.29, 1.82) is 0 Å². The number of rotatable bonds is 7. The molecule has 0 aromatic heterocycles. The third kappa shape index (κ3) is 4.63. The number of ether oxygens (including phenoxy) is 2. The Labute approximate surface area is 107 Å². The van der Waals surface area contributed by atoms with Crippen molar-refractivity contribution < 1.29 is 14.3 Å². The number of carbonyl (C=O) groups excluding carboxylic acids is 1. The number of benzene rings is 1. The van der Waals surface area contributed by atoms with Crippen LogP contribution in [0.3, 0.4) is 0 Å². The Morgan fingerprint density at radius 2 is 2.22 bits per heavy atom. The van der Waals surface area contributed by atoms with Gasteiger partial charge in [0.25, 0.3) is 0 Å². The fourth-order valence-corrected chi connectivity index (χ4v) is 1.45. The Morgan fingerprint density at radius 1 is 1.44 bits per heavy atom. The maximum atomic E-state index is 11.4. The van der Waals surface area contributed by atoms with Gasteiger partial charge in [0.2, 0.25) is 5.91 Å². The average molecular weight is 252 g/mol. The molecule has 0 atom stereocenters. The molecule has 3 N–H and O–H groups in total. The number of methoxy groups -OCH3 is 1. The molecule has 5 nitrogen and oxygen atoms in total. The van der Waals surface area contributed by atoms with Crippen molar-refractivity contribution in [2.24, 2.45) is 0 Å². The number of amides is 1. The van der Waals surface area contributed by atoms with Crippen LogP contribution in [0.1, 0.15) is 18.9 Å². The monoisotopic (exact) mass is 252 g/mol. The molecule has 0 unspecified atom stereocenters. The molecule has 0 fully saturated rings. The highest BCUT2D eigenvalue weighted by atomic mass is 16.5. The molecule has 1 aromatic carbocycles. The van der Waals surface area contributed by atoms with Crippen molar-refractivity contribution in [1.82, 2.24) is 5.32 Å². The molecular weight excluding hydrogens is 232 g/mol. The molecule has 0 aliphatic heterocycles. The zero-order valence-corrected chi connectivity index (χ0v) is 10.9. The fourth-order valence-electron chi connectivity index (χ4n) is 1.45. The topological polar surface area (TPSA) is 73.6 Å². The molecule has 18 heavy (non-hydrogen) atoms. The molecule has 0 saturated heterocycles. The summed E-state index contributed by atoms with van der Waals surface area (Å²) < 4.78 is 10.2. The summed E-state index contributed by atoms with van der Waals surface area (Å²) in [5.41, 5.74) is 7.26.